The molecule has 0 aliphatic heterocycles. The molecular weight excluding hydrogens is 277 g/mol. The van der Waals surface area contributed by atoms with Crippen LogP contribution in [0.5, 0.6) is 0 Å². The first-order valence-electron chi connectivity index (χ1n) is 5.94. The second-order valence-electron chi connectivity index (χ2n) is 5.04. The van der Waals surface area contributed by atoms with E-state index in [1.807, 2.05) is 6.92 Å². The average Bonchev–Trinajstić information content (AvgIpc) is 2.27. The Labute approximate surface area is 111 Å². The van der Waals surface area contributed by atoms with Crippen molar-refractivity contribution in [3.05, 3.63) is 29.8 Å². The summed E-state index contributed by atoms with van der Waals surface area (Å²) in [5, 5.41) is 0. The third-order valence-electron chi connectivity index (χ3n) is 3.05. The molecule has 1 aromatic rings. The highest BCUT2D eigenvalue weighted by Crippen LogP contribution is 2.34. The summed E-state index contributed by atoms with van der Waals surface area (Å²) in [5.74, 6) is 0. The fourth-order valence-electron chi connectivity index (χ4n) is 1.90. The van der Waals surface area contributed by atoms with Crippen LogP contribution >= 0.6 is 0 Å². The maximum Gasteiger partial charge on any atom is 0.416 e. The van der Waals surface area contributed by atoms with Gasteiger partial charge in [-0.25, -0.2) is 8.42 Å². The van der Waals surface area contributed by atoms with Crippen LogP contribution in [0.1, 0.15) is 39.2 Å². The van der Waals surface area contributed by atoms with E-state index in [-0.39, 0.29) is 4.90 Å². The molecular formula is C13H17F3O2S. The first-order chi connectivity index (χ1) is 8.52. The molecule has 19 heavy (non-hydrogen) atoms. The van der Waals surface area contributed by atoms with Crippen LogP contribution in [0.4, 0.5) is 13.2 Å². The van der Waals surface area contributed by atoms with Gasteiger partial charge in [-0.15, -0.1) is 0 Å². The SMILES string of the molecule is CCCC(C)(C)S(=O)(=O)c1cccc(C(F)(F)F)c1. The zero-order valence-electron chi connectivity index (χ0n) is 11.1. The van der Waals surface area contributed by atoms with Gasteiger partial charge in [0.05, 0.1) is 15.2 Å². The summed E-state index contributed by atoms with van der Waals surface area (Å²) in [6.45, 7) is 4.90. The fourth-order valence-corrected chi connectivity index (χ4v) is 3.55. The van der Waals surface area contributed by atoms with Gasteiger partial charge in [-0.3, -0.25) is 0 Å². The molecule has 0 amide bonds. The molecule has 0 aromatic heterocycles. The maximum atomic E-state index is 12.6. The van der Waals surface area contributed by atoms with Crippen LogP contribution in [0.3, 0.4) is 0 Å². The molecule has 0 heterocycles. The summed E-state index contributed by atoms with van der Waals surface area (Å²) in [4.78, 5) is -0.277. The van der Waals surface area contributed by atoms with Crippen molar-refractivity contribution in [3.63, 3.8) is 0 Å². The average molecular weight is 294 g/mol. The van der Waals surface area contributed by atoms with Crippen LogP contribution in [0.15, 0.2) is 29.2 Å². The van der Waals surface area contributed by atoms with E-state index in [0.717, 1.165) is 12.1 Å². The van der Waals surface area contributed by atoms with Crippen molar-refractivity contribution in [2.45, 2.75) is 49.4 Å². The van der Waals surface area contributed by atoms with Gasteiger partial charge in [0, 0.05) is 0 Å². The molecule has 0 aliphatic rings. The van der Waals surface area contributed by atoms with E-state index in [2.05, 4.69) is 0 Å². The zero-order valence-corrected chi connectivity index (χ0v) is 11.9. The van der Waals surface area contributed by atoms with E-state index in [4.69, 9.17) is 0 Å². The third kappa shape index (κ3) is 3.29. The molecule has 0 saturated heterocycles. The zero-order chi connectivity index (χ0) is 14.9. The van der Waals surface area contributed by atoms with E-state index >= 15 is 0 Å². The summed E-state index contributed by atoms with van der Waals surface area (Å²) in [6, 6.07) is 3.90. The van der Waals surface area contributed by atoms with Crippen LogP contribution in [0.2, 0.25) is 0 Å². The monoisotopic (exact) mass is 294 g/mol. The summed E-state index contributed by atoms with van der Waals surface area (Å²) in [7, 11) is -3.78. The van der Waals surface area contributed by atoms with Crippen LogP contribution in [-0.2, 0) is 16.0 Å². The Kier molecular flexibility index (Phi) is 4.34. The molecule has 1 aromatic carbocycles. The van der Waals surface area contributed by atoms with Gasteiger partial charge < -0.3 is 0 Å². The standard InChI is InChI=1S/C13H17F3O2S/c1-4-8-12(2,3)19(17,18)11-7-5-6-10(9-11)13(14,15)16/h5-7,9H,4,8H2,1-3H3. The van der Waals surface area contributed by atoms with Crippen molar-refractivity contribution >= 4 is 9.84 Å². The number of rotatable bonds is 4. The Hall–Kier alpha value is -1.04. The van der Waals surface area contributed by atoms with Crippen molar-refractivity contribution in [2.75, 3.05) is 0 Å². The molecule has 0 fully saturated rings. The predicted molar refractivity (Wildman–Crippen MR) is 67.6 cm³/mol. The molecule has 108 valence electrons. The molecule has 0 radical (unpaired) electrons. The van der Waals surface area contributed by atoms with Crippen molar-refractivity contribution in [3.8, 4) is 0 Å². The van der Waals surface area contributed by atoms with E-state index in [1.165, 1.54) is 19.9 Å². The Morgan fingerprint density at radius 1 is 1.16 bits per heavy atom. The van der Waals surface area contributed by atoms with Gasteiger partial charge in [0.15, 0.2) is 9.84 Å². The van der Waals surface area contributed by atoms with Crippen molar-refractivity contribution in [1.29, 1.82) is 0 Å². The lowest BCUT2D eigenvalue weighted by atomic mass is 10.1. The molecule has 0 aliphatic carbocycles. The lowest BCUT2D eigenvalue weighted by Crippen LogP contribution is -2.31. The smallest absolute Gasteiger partial charge is 0.223 e. The molecule has 6 heteroatoms. The summed E-state index contributed by atoms with van der Waals surface area (Å²) < 4.78 is 61.5. The molecule has 0 atom stereocenters. The van der Waals surface area contributed by atoms with E-state index in [0.29, 0.717) is 18.9 Å². The lowest BCUT2D eigenvalue weighted by molar-refractivity contribution is -0.137. The molecule has 0 bridgehead atoms. The fraction of sp³-hybridized carbons (Fsp3) is 0.538. The first-order valence-corrected chi connectivity index (χ1v) is 7.42. The predicted octanol–water partition coefficient (Wildman–Crippen LogP) is 4.06. The van der Waals surface area contributed by atoms with Crippen LogP contribution < -0.4 is 0 Å². The largest absolute Gasteiger partial charge is 0.416 e. The Balaban J connectivity index is 3.31. The maximum absolute atomic E-state index is 12.6. The second kappa shape index (κ2) is 5.15. The second-order valence-corrected chi connectivity index (χ2v) is 7.62. The number of hydrogen-bond acceptors (Lipinski definition) is 2. The molecule has 0 unspecified atom stereocenters. The van der Waals surface area contributed by atoms with Gasteiger partial charge in [0.1, 0.15) is 0 Å². The minimum atomic E-state index is -4.54. The quantitative estimate of drug-likeness (QED) is 0.839. The van der Waals surface area contributed by atoms with Crippen LogP contribution in [-0.4, -0.2) is 13.2 Å². The van der Waals surface area contributed by atoms with Crippen molar-refractivity contribution < 1.29 is 21.6 Å². The van der Waals surface area contributed by atoms with Crippen LogP contribution in [0, 0.1) is 0 Å². The highest BCUT2D eigenvalue weighted by molar-refractivity contribution is 7.92. The van der Waals surface area contributed by atoms with Crippen molar-refractivity contribution in [2.24, 2.45) is 0 Å². The van der Waals surface area contributed by atoms with Crippen LogP contribution in [0.25, 0.3) is 0 Å². The van der Waals surface area contributed by atoms with Gasteiger partial charge in [-0.1, -0.05) is 19.4 Å². The minimum Gasteiger partial charge on any atom is -0.223 e. The number of halogens is 3. The molecule has 1 rings (SSSR count). The number of alkyl halides is 3. The highest BCUT2D eigenvalue weighted by atomic mass is 32.2. The number of sulfone groups is 1. The van der Waals surface area contributed by atoms with E-state index in [1.54, 1.807) is 0 Å². The van der Waals surface area contributed by atoms with Gasteiger partial charge in [-0.05, 0) is 38.5 Å². The highest BCUT2D eigenvalue weighted by Gasteiger charge is 2.37. The normalized spacial score (nSPS) is 13.6. The van der Waals surface area contributed by atoms with Gasteiger partial charge in [0.2, 0.25) is 0 Å². The molecule has 0 N–H and O–H groups in total. The van der Waals surface area contributed by atoms with Gasteiger partial charge in [-0.2, -0.15) is 13.2 Å². The molecule has 2 nitrogen and oxygen atoms in total. The molecule has 0 saturated carbocycles. The Morgan fingerprint density at radius 3 is 2.21 bits per heavy atom. The topological polar surface area (TPSA) is 34.1 Å². The summed E-state index contributed by atoms with van der Waals surface area (Å²) in [6.07, 6.45) is -3.50. The third-order valence-corrected chi connectivity index (χ3v) is 5.58. The first kappa shape index (κ1) is 16.0. The summed E-state index contributed by atoms with van der Waals surface area (Å²) >= 11 is 0. The Morgan fingerprint density at radius 2 is 1.74 bits per heavy atom. The Bertz CT molecular complexity index is 545. The minimum absolute atomic E-state index is 0.277. The number of hydrogen-bond donors (Lipinski definition) is 0. The lowest BCUT2D eigenvalue weighted by Gasteiger charge is -2.24. The van der Waals surface area contributed by atoms with Gasteiger partial charge >= 0.3 is 6.18 Å². The van der Waals surface area contributed by atoms with Gasteiger partial charge in [0.25, 0.3) is 0 Å². The van der Waals surface area contributed by atoms with E-state index < -0.39 is 26.3 Å². The van der Waals surface area contributed by atoms with E-state index in [9.17, 15) is 21.6 Å². The molecule has 0 spiro atoms. The summed E-state index contributed by atoms with van der Waals surface area (Å²) in [5.41, 5.74) is -0.944. The number of benzene rings is 1. The van der Waals surface area contributed by atoms with Crippen molar-refractivity contribution in [1.82, 2.24) is 0 Å².